The van der Waals surface area contributed by atoms with Gasteiger partial charge in [0.1, 0.15) is 12.3 Å². The molecule has 3 nitrogen and oxygen atoms in total. The molecular formula is C18H30NO2+. The SMILES string of the molecule is CC(C)Oc1ccc(C[NH2+]C[C@H]2CCOC(C)(C)C2)cc1. The molecule has 3 heteroatoms. The fourth-order valence-electron chi connectivity index (χ4n) is 3.02. The molecule has 1 aromatic carbocycles. The zero-order valence-corrected chi connectivity index (χ0v) is 13.9. The van der Waals surface area contributed by atoms with Gasteiger partial charge in [-0.1, -0.05) is 0 Å². The van der Waals surface area contributed by atoms with Crippen molar-refractivity contribution in [2.75, 3.05) is 13.2 Å². The summed E-state index contributed by atoms with van der Waals surface area (Å²) in [5.74, 6) is 1.73. The monoisotopic (exact) mass is 292 g/mol. The van der Waals surface area contributed by atoms with E-state index in [0.717, 1.165) is 24.8 Å². The van der Waals surface area contributed by atoms with Crippen LogP contribution < -0.4 is 10.1 Å². The van der Waals surface area contributed by atoms with Crippen LogP contribution in [0.3, 0.4) is 0 Å². The molecule has 1 aliphatic heterocycles. The topological polar surface area (TPSA) is 35.1 Å². The molecular weight excluding hydrogens is 262 g/mol. The van der Waals surface area contributed by atoms with Gasteiger partial charge in [0, 0.05) is 18.1 Å². The highest BCUT2D eigenvalue weighted by molar-refractivity contribution is 5.26. The first-order chi connectivity index (χ1) is 9.94. The zero-order valence-electron chi connectivity index (χ0n) is 13.9. The Bertz CT molecular complexity index is 425. The van der Waals surface area contributed by atoms with Crippen LogP contribution in [0.5, 0.6) is 5.75 Å². The van der Waals surface area contributed by atoms with Crippen LogP contribution in [-0.4, -0.2) is 24.9 Å². The fraction of sp³-hybridized carbons (Fsp3) is 0.667. The average Bonchev–Trinajstić information content (AvgIpc) is 2.39. The van der Waals surface area contributed by atoms with Crippen molar-refractivity contribution in [2.45, 2.75) is 58.8 Å². The van der Waals surface area contributed by atoms with Crippen LogP contribution in [0.2, 0.25) is 0 Å². The van der Waals surface area contributed by atoms with E-state index in [1.54, 1.807) is 0 Å². The third-order valence-electron chi connectivity index (χ3n) is 3.97. The number of benzene rings is 1. The van der Waals surface area contributed by atoms with Crippen molar-refractivity contribution in [3.05, 3.63) is 29.8 Å². The van der Waals surface area contributed by atoms with Gasteiger partial charge in [-0.2, -0.15) is 0 Å². The van der Waals surface area contributed by atoms with Crippen molar-refractivity contribution in [2.24, 2.45) is 5.92 Å². The molecule has 0 bridgehead atoms. The van der Waals surface area contributed by atoms with Gasteiger partial charge in [-0.25, -0.2) is 0 Å². The minimum atomic E-state index is 0.0621. The van der Waals surface area contributed by atoms with E-state index in [-0.39, 0.29) is 11.7 Å². The van der Waals surface area contributed by atoms with Crippen LogP contribution in [0.4, 0.5) is 0 Å². The van der Waals surface area contributed by atoms with E-state index < -0.39 is 0 Å². The lowest BCUT2D eigenvalue weighted by Crippen LogP contribution is -2.84. The normalized spacial score (nSPS) is 21.5. The molecule has 1 aromatic rings. The highest BCUT2D eigenvalue weighted by Gasteiger charge is 2.29. The van der Waals surface area contributed by atoms with Crippen molar-refractivity contribution in [1.29, 1.82) is 0 Å². The lowest BCUT2D eigenvalue weighted by atomic mass is 9.88. The standard InChI is InChI=1S/C18H29NO2/c1-14(2)21-17-7-5-15(6-8-17)12-19-13-16-9-10-20-18(3,4)11-16/h5-8,14,16,19H,9-13H2,1-4H3/p+1/t16-/m0/s1. The number of rotatable bonds is 6. The second kappa shape index (κ2) is 7.28. The minimum Gasteiger partial charge on any atom is -0.491 e. The molecule has 1 atom stereocenters. The Morgan fingerprint density at radius 3 is 2.62 bits per heavy atom. The summed E-state index contributed by atoms with van der Waals surface area (Å²) >= 11 is 0. The van der Waals surface area contributed by atoms with Crippen molar-refractivity contribution in [3.63, 3.8) is 0 Å². The summed E-state index contributed by atoms with van der Waals surface area (Å²) in [5, 5.41) is 2.42. The summed E-state index contributed by atoms with van der Waals surface area (Å²) < 4.78 is 11.4. The number of hydrogen-bond donors (Lipinski definition) is 1. The summed E-state index contributed by atoms with van der Waals surface area (Å²) in [7, 11) is 0. The van der Waals surface area contributed by atoms with Gasteiger partial charge in [0.05, 0.1) is 18.2 Å². The summed E-state index contributed by atoms with van der Waals surface area (Å²) in [6, 6.07) is 8.48. The molecule has 0 amide bonds. The first kappa shape index (κ1) is 16.3. The van der Waals surface area contributed by atoms with Gasteiger partial charge >= 0.3 is 0 Å². The smallest absolute Gasteiger partial charge is 0.119 e. The van der Waals surface area contributed by atoms with Crippen LogP contribution in [0, 0.1) is 5.92 Å². The number of quaternary nitrogens is 1. The molecule has 0 unspecified atom stereocenters. The molecule has 1 heterocycles. The molecule has 0 spiro atoms. The highest BCUT2D eigenvalue weighted by Crippen LogP contribution is 2.27. The molecule has 0 radical (unpaired) electrons. The maximum Gasteiger partial charge on any atom is 0.119 e. The Hall–Kier alpha value is -1.06. The van der Waals surface area contributed by atoms with E-state index in [1.165, 1.54) is 24.9 Å². The van der Waals surface area contributed by atoms with Crippen LogP contribution in [0.25, 0.3) is 0 Å². The van der Waals surface area contributed by atoms with Gasteiger partial charge in [-0.15, -0.1) is 0 Å². The first-order valence-corrected chi connectivity index (χ1v) is 8.16. The van der Waals surface area contributed by atoms with Gasteiger partial charge in [-0.3, -0.25) is 0 Å². The summed E-state index contributed by atoms with van der Waals surface area (Å²) in [5.41, 5.74) is 1.42. The molecule has 21 heavy (non-hydrogen) atoms. The Kier molecular flexibility index (Phi) is 5.65. The fourth-order valence-corrected chi connectivity index (χ4v) is 3.02. The van der Waals surface area contributed by atoms with E-state index >= 15 is 0 Å². The molecule has 2 N–H and O–H groups in total. The Labute approximate surface area is 129 Å². The third-order valence-corrected chi connectivity index (χ3v) is 3.97. The highest BCUT2D eigenvalue weighted by atomic mass is 16.5. The first-order valence-electron chi connectivity index (χ1n) is 8.16. The van der Waals surface area contributed by atoms with Crippen LogP contribution in [0.15, 0.2) is 24.3 Å². The molecule has 1 saturated heterocycles. The van der Waals surface area contributed by atoms with Gasteiger partial charge in [-0.05, 0) is 64.8 Å². The summed E-state index contributed by atoms with van der Waals surface area (Å²) in [6.45, 7) is 11.6. The summed E-state index contributed by atoms with van der Waals surface area (Å²) in [6.07, 6.45) is 2.60. The van der Waals surface area contributed by atoms with E-state index in [0.29, 0.717) is 0 Å². The Morgan fingerprint density at radius 2 is 2.00 bits per heavy atom. The molecule has 1 aliphatic rings. The number of ether oxygens (including phenoxy) is 2. The molecule has 118 valence electrons. The quantitative estimate of drug-likeness (QED) is 0.875. The maximum atomic E-state index is 5.78. The lowest BCUT2D eigenvalue weighted by molar-refractivity contribution is -0.677. The van der Waals surface area contributed by atoms with Crippen molar-refractivity contribution in [3.8, 4) is 5.75 Å². The second-order valence-corrected chi connectivity index (χ2v) is 7.01. The van der Waals surface area contributed by atoms with Crippen molar-refractivity contribution < 1.29 is 14.8 Å². The van der Waals surface area contributed by atoms with E-state index in [2.05, 4.69) is 57.3 Å². The van der Waals surface area contributed by atoms with Gasteiger partial charge in [0.25, 0.3) is 0 Å². The lowest BCUT2D eigenvalue weighted by Gasteiger charge is -2.34. The largest absolute Gasteiger partial charge is 0.491 e. The van der Waals surface area contributed by atoms with Crippen LogP contribution in [-0.2, 0) is 11.3 Å². The molecule has 2 rings (SSSR count). The number of hydrogen-bond acceptors (Lipinski definition) is 2. The van der Waals surface area contributed by atoms with Gasteiger partial charge in [0.2, 0.25) is 0 Å². The van der Waals surface area contributed by atoms with E-state index in [4.69, 9.17) is 9.47 Å². The van der Waals surface area contributed by atoms with Crippen LogP contribution in [0.1, 0.15) is 46.1 Å². The molecule has 0 aromatic heterocycles. The predicted octanol–water partition coefficient (Wildman–Crippen LogP) is 2.74. The average molecular weight is 292 g/mol. The van der Waals surface area contributed by atoms with E-state index in [1.807, 2.05) is 0 Å². The van der Waals surface area contributed by atoms with Crippen LogP contribution >= 0.6 is 0 Å². The Balaban J connectivity index is 1.73. The second-order valence-electron chi connectivity index (χ2n) is 7.01. The van der Waals surface area contributed by atoms with Crippen molar-refractivity contribution in [1.82, 2.24) is 0 Å². The predicted molar refractivity (Wildman–Crippen MR) is 85.5 cm³/mol. The van der Waals surface area contributed by atoms with E-state index in [9.17, 15) is 0 Å². The maximum absolute atomic E-state index is 5.78. The zero-order chi connectivity index (χ0) is 15.3. The van der Waals surface area contributed by atoms with Crippen molar-refractivity contribution >= 4 is 0 Å². The molecule has 1 fully saturated rings. The van der Waals surface area contributed by atoms with Gasteiger partial charge in [0.15, 0.2) is 0 Å². The molecule has 0 saturated carbocycles. The van der Waals surface area contributed by atoms with Gasteiger partial charge < -0.3 is 14.8 Å². The number of nitrogens with two attached hydrogens (primary N) is 1. The summed E-state index contributed by atoms with van der Waals surface area (Å²) in [4.78, 5) is 0. The third kappa shape index (κ3) is 5.68. The minimum absolute atomic E-state index is 0.0621. The Morgan fingerprint density at radius 1 is 1.29 bits per heavy atom. The molecule has 0 aliphatic carbocycles.